The van der Waals surface area contributed by atoms with E-state index in [4.69, 9.17) is 32.9 Å². The summed E-state index contributed by atoms with van der Waals surface area (Å²) in [6.45, 7) is 7.31. The molecule has 1 aliphatic carbocycles. The van der Waals surface area contributed by atoms with Crippen LogP contribution in [-0.4, -0.2) is 49.4 Å². The number of nitrogens with two attached hydrogens (primary N) is 2. The van der Waals surface area contributed by atoms with E-state index in [0.29, 0.717) is 40.4 Å². The van der Waals surface area contributed by atoms with Crippen LogP contribution in [0, 0.1) is 18.3 Å². The van der Waals surface area contributed by atoms with Gasteiger partial charge in [0.1, 0.15) is 30.1 Å². The van der Waals surface area contributed by atoms with Crippen LogP contribution in [0.1, 0.15) is 55.1 Å². The summed E-state index contributed by atoms with van der Waals surface area (Å²) < 4.78 is 8.29. The van der Waals surface area contributed by atoms with Gasteiger partial charge in [-0.3, -0.25) is 4.90 Å². The molecular weight excluding hydrogens is 546 g/mol. The first kappa shape index (κ1) is 30.2. The molecule has 2 unspecified atom stereocenters. The van der Waals surface area contributed by atoms with Crippen molar-refractivity contribution in [3.8, 4) is 11.8 Å². The molecule has 2 aliphatic rings. The summed E-state index contributed by atoms with van der Waals surface area (Å²) in [5.74, 6) is 1.09. The maximum Gasteiger partial charge on any atom is 0.164 e. The van der Waals surface area contributed by atoms with Crippen LogP contribution in [0.3, 0.4) is 0 Å². The minimum atomic E-state index is -0.259. The number of nitrogen functional groups attached to an aromatic ring is 1. The number of nitrogens with zero attached hydrogens (tertiary/aromatic N) is 6. The van der Waals surface area contributed by atoms with Gasteiger partial charge in [0.15, 0.2) is 5.65 Å². The Labute approximate surface area is 233 Å². The number of hydrogen-bond donors (Lipinski definition) is 2. The lowest BCUT2D eigenvalue weighted by Crippen LogP contribution is -2.51. The summed E-state index contributed by atoms with van der Waals surface area (Å²) in [4.78, 5) is 10.9. The van der Waals surface area contributed by atoms with E-state index >= 15 is 0 Å². The molecule has 0 saturated heterocycles. The first-order valence-corrected chi connectivity index (χ1v) is 11.5. The van der Waals surface area contributed by atoms with Gasteiger partial charge in [-0.1, -0.05) is 11.6 Å². The fourth-order valence-electron chi connectivity index (χ4n) is 5.04. The third-order valence-corrected chi connectivity index (χ3v) is 7.12. The Morgan fingerprint density at radius 2 is 1.94 bits per heavy atom. The van der Waals surface area contributed by atoms with Crippen molar-refractivity contribution in [3.05, 3.63) is 39.8 Å². The molecule has 1 saturated carbocycles. The van der Waals surface area contributed by atoms with Gasteiger partial charge in [0.25, 0.3) is 0 Å². The lowest BCUT2D eigenvalue weighted by atomic mass is 9.85. The second-order valence-electron chi connectivity index (χ2n) is 9.15. The third kappa shape index (κ3) is 5.03. The minimum Gasteiger partial charge on any atom is -0.489 e. The Balaban J connectivity index is 0.00000152. The summed E-state index contributed by atoms with van der Waals surface area (Å²) in [6.07, 6.45) is 3.28. The van der Waals surface area contributed by atoms with E-state index in [1.165, 1.54) is 6.33 Å². The molecular formula is C23H30Cl4N8O. The molecule has 0 amide bonds. The standard InChI is InChI=1S/C23H27ClN8O.3ClH/c1-11-8-31(15-4-14(26)5-15)9-18-17(7-25)19(24)6-16(21(18)33-11)13(3)32-23-20(12(2)30-32)22(27)28-10-29-23;;;/h6,10-11,13-15H,4-5,8-9,26H2,1-3H3,(H2,27,28,29);3*1H. The van der Waals surface area contributed by atoms with E-state index in [1.54, 1.807) is 0 Å². The van der Waals surface area contributed by atoms with Crippen LogP contribution < -0.4 is 16.2 Å². The summed E-state index contributed by atoms with van der Waals surface area (Å²) in [5, 5.41) is 15.8. The van der Waals surface area contributed by atoms with E-state index in [2.05, 4.69) is 27.9 Å². The van der Waals surface area contributed by atoms with Crippen molar-refractivity contribution in [3.63, 3.8) is 0 Å². The molecule has 4 N–H and O–H groups in total. The maximum absolute atomic E-state index is 9.92. The Morgan fingerprint density at radius 3 is 2.58 bits per heavy atom. The predicted octanol–water partition coefficient (Wildman–Crippen LogP) is 4.19. The molecule has 3 aromatic rings. The number of fused-ring (bicyclic) bond motifs is 2. The number of hydrogen-bond acceptors (Lipinski definition) is 8. The van der Waals surface area contributed by atoms with Crippen LogP contribution in [0.5, 0.6) is 5.75 Å². The van der Waals surface area contributed by atoms with E-state index < -0.39 is 0 Å². The molecule has 0 spiro atoms. The Hall–Kier alpha value is -2.06. The maximum atomic E-state index is 9.92. The number of halogens is 4. The smallest absolute Gasteiger partial charge is 0.164 e. The van der Waals surface area contributed by atoms with Gasteiger partial charge >= 0.3 is 0 Å². The SMILES string of the molecule is Cc1nn(C(C)c2cc(Cl)c(C#N)c3c2OC(C)CN(C2CC(N)C2)C3)c2ncnc(N)c12.Cl.Cl.Cl. The van der Waals surface area contributed by atoms with Crippen molar-refractivity contribution in [2.24, 2.45) is 5.73 Å². The molecule has 2 atom stereocenters. The normalized spacial score (nSPS) is 21.8. The lowest BCUT2D eigenvalue weighted by molar-refractivity contribution is 0.0733. The summed E-state index contributed by atoms with van der Waals surface area (Å²) in [7, 11) is 0. The van der Waals surface area contributed by atoms with Gasteiger partial charge in [-0.25, -0.2) is 14.6 Å². The number of aromatic nitrogens is 4. The van der Waals surface area contributed by atoms with Gasteiger partial charge in [-0.15, -0.1) is 37.2 Å². The second kappa shape index (κ2) is 11.5. The number of aryl methyl sites for hydroxylation is 1. The highest BCUT2D eigenvalue weighted by Crippen LogP contribution is 2.42. The van der Waals surface area contributed by atoms with Crippen molar-refractivity contribution in [2.75, 3.05) is 12.3 Å². The molecule has 1 fully saturated rings. The van der Waals surface area contributed by atoms with Crippen molar-refractivity contribution in [1.29, 1.82) is 5.26 Å². The minimum absolute atomic E-state index is 0. The number of anilines is 1. The van der Waals surface area contributed by atoms with Crippen LogP contribution in [0.25, 0.3) is 11.0 Å². The monoisotopic (exact) mass is 574 g/mol. The van der Waals surface area contributed by atoms with Crippen molar-refractivity contribution < 1.29 is 4.74 Å². The Kier molecular flexibility index (Phi) is 9.68. The fraction of sp³-hybridized carbons (Fsp3) is 0.478. The molecule has 0 bridgehead atoms. The molecule has 2 aromatic heterocycles. The first-order valence-electron chi connectivity index (χ1n) is 11.1. The van der Waals surface area contributed by atoms with Crippen molar-refractivity contribution in [2.45, 2.75) is 64.4 Å². The molecule has 36 heavy (non-hydrogen) atoms. The van der Waals surface area contributed by atoms with E-state index in [1.807, 2.05) is 24.6 Å². The van der Waals surface area contributed by atoms with Crippen molar-refractivity contribution in [1.82, 2.24) is 24.6 Å². The van der Waals surface area contributed by atoms with Gasteiger partial charge in [0.2, 0.25) is 0 Å². The molecule has 0 radical (unpaired) electrons. The quantitative estimate of drug-likeness (QED) is 0.475. The largest absolute Gasteiger partial charge is 0.489 e. The molecule has 1 aliphatic heterocycles. The highest BCUT2D eigenvalue weighted by atomic mass is 35.5. The highest BCUT2D eigenvalue weighted by Gasteiger charge is 2.36. The van der Waals surface area contributed by atoms with Gasteiger partial charge in [-0.2, -0.15) is 10.4 Å². The summed E-state index contributed by atoms with van der Waals surface area (Å²) >= 11 is 6.64. The average molecular weight is 576 g/mol. The molecule has 1 aromatic carbocycles. The van der Waals surface area contributed by atoms with Gasteiger partial charge in [-0.05, 0) is 39.7 Å². The van der Waals surface area contributed by atoms with Crippen LogP contribution in [0.4, 0.5) is 5.82 Å². The number of rotatable bonds is 3. The molecule has 9 nitrogen and oxygen atoms in total. The number of benzene rings is 1. The molecule has 3 heterocycles. The fourth-order valence-corrected chi connectivity index (χ4v) is 5.31. The van der Waals surface area contributed by atoms with Gasteiger partial charge < -0.3 is 16.2 Å². The number of nitriles is 1. The first-order chi connectivity index (χ1) is 15.8. The highest BCUT2D eigenvalue weighted by molar-refractivity contribution is 6.32. The average Bonchev–Trinajstić information content (AvgIpc) is 2.99. The van der Waals surface area contributed by atoms with Crippen molar-refractivity contribution >= 4 is 65.7 Å². The second-order valence-corrected chi connectivity index (χ2v) is 9.56. The topological polar surface area (TPSA) is 132 Å². The van der Waals surface area contributed by atoms with Gasteiger partial charge in [0, 0.05) is 36.3 Å². The van der Waals surface area contributed by atoms with E-state index in [9.17, 15) is 5.26 Å². The molecule has 5 rings (SSSR count). The summed E-state index contributed by atoms with van der Waals surface area (Å²) in [5.41, 5.74) is 15.7. The Morgan fingerprint density at radius 1 is 1.25 bits per heavy atom. The van der Waals surface area contributed by atoms with Crippen LogP contribution in [0.2, 0.25) is 5.02 Å². The third-order valence-electron chi connectivity index (χ3n) is 6.82. The zero-order valence-corrected chi connectivity index (χ0v) is 23.3. The van der Waals surface area contributed by atoms with Crippen LogP contribution in [0.15, 0.2) is 12.4 Å². The summed E-state index contributed by atoms with van der Waals surface area (Å²) in [6, 6.07) is 4.48. The Bertz CT molecular complexity index is 1290. The van der Waals surface area contributed by atoms with Gasteiger partial charge in [0.05, 0.1) is 27.7 Å². The van der Waals surface area contributed by atoms with Crippen LogP contribution in [-0.2, 0) is 6.54 Å². The number of ether oxygens (including phenoxy) is 1. The van der Waals surface area contributed by atoms with Crippen LogP contribution >= 0.6 is 48.8 Å². The lowest BCUT2D eigenvalue weighted by Gasteiger charge is -2.41. The zero-order chi connectivity index (χ0) is 23.4. The van der Waals surface area contributed by atoms with E-state index in [-0.39, 0.29) is 55.4 Å². The molecule has 196 valence electrons. The van der Waals surface area contributed by atoms with E-state index in [0.717, 1.165) is 41.6 Å². The molecule has 13 heteroatoms. The predicted molar refractivity (Wildman–Crippen MR) is 148 cm³/mol. The zero-order valence-electron chi connectivity index (χ0n) is 20.1.